The molecule has 4 nitrogen and oxygen atoms in total. The second-order valence-corrected chi connectivity index (χ2v) is 3.57. The molecule has 0 aliphatic rings. The molecule has 0 aromatic carbocycles. The van der Waals surface area contributed by atoms with Crippen LogP contribution in [-0.4, -0.2) is 19.7 Å². The van der Waals surface area contributed by atoms with Gasteiger partial charge in [-0.25, -0.2) is 14.6 Å². The van der Waals surface area contributed by atoms with Crippen molar-refractivity contribution in [2.24, 2.45) is 0 Å². The van der Waals surface area contributed by atoms with E-state index in [0.29, 0.717) is 4.73 Å². The lowest BCUT2D eigenvalue weighted by atomic mass is 10.3. The van der Waals surface area contributed by atoms with E-state index in [-0.39, 0.29) is 5.82 Å². The maximum absolute atomic E-state index is 12.2. The molecule has 0 unspecified atom stereocenters. The van der Waals surface area contributed by atoms with Crippen LogP contribution >= 0.6 is 15.9 Å². The normalized spacial score (nSPS) is 11.8. The van der Waals surface area contributed by atoms with Gasteiger partial charge in [0.15, 0.2) is 5.82 Å². The number of nitrogens with zero attached hydrogens (tertiary/aromatic N) is 4. The van der Waals surface area contributed by atoms with E-state index >= 15 is 0 Å². The van der Waals surface area contributed by atoms with Crippen LogP contribution < -0.4 is 0 Å². The minimum absolute atomic E-state index is 0.270. The summed E-state index contributed by atoms with van der Waals surface area (Å²) in [5.74, 6) is 0.270. The number of rotatable bonds is 1. The zero-order chi connectivity index (χ0) is 11.8. The van der Waals surface area contributed by atoms with Gasteiger partial charge in [0.2, 0.25) is 4.73 Å². The summed E-state index contributed by atoms with van der Waals surface area (Å²) in [6.07, 6.45) is -2.28. The van der Waals surface area contributed by atoms with Gasteiger partial charge in [-0.3, -0.25) is 0 Å². The second-order valence-electron chi connectivity index (χ2n) is 2.86. The fourth-order valence-electron chi connectivity index (χ4n) is 1.04. The minimum Gasteiger partial charge on any atom is -0.236 e. The van der Waals surface area contributed by atoms with Crippen molar-refractivity contribution in [3.05, 3.63) is 35.0 Å². The monoisotopic (exact) mass is 292 g/mol. The van der Waals surface area contributed by atoms with Gasteiger partial charge in [-0.1, -0.05) is 0 Å². The summed E-state index contributed by atoms with van der Waals surface area (Å²) < 4.78 is 38.3. The largest absolute Gasteiger partial charge is 0.417 e. The molecular weight excluding hydrogens is 289 g/mol. The van der Waals surface area contributed by atoms with Gasteiger partial charge in [0.1, 0.15) is 6.33 Å². The van der Waals surface area contributed by atoms with Gasteiger partial charge in [-0.2, -0.15) is 13.2 Å². The number of pyridine rings is 1. The third kappa shape index (κ3) is 2.21. The highest BCUT2D eigenvalue weighted by atomic mass is 79.9. The van der Waals surface area contributed by atoms with E-state index in [2.05, 4.69) is 31.0 Å². The van der Waals surface area contributed by atoms with Crippen molar-refractivity contribution in [1.82, 2.24) is 19.7 Å². The maximum atomic E-state index is 12.2. The lowest BCUT2D eigenvalue weighted by Gasteiger charge is -2.06. The first-order chi connectivity index (χ1) is 7.47. The standard InChI is InChI=1S/C8H4BrF3N4/c9-7-14-4-16(15-7)6-2-1-5(3-13-6)8(10,11)12/h1-4H. The molecule has 0 amide bonds. The van der Waals surface area contributed by atoms with Crippen molar-refractivity contribution in [2.75, 3.05) is 0 Å². The van der Waals surface area contributed by atoms with Crippen molar-refractivity contribution in [2.45, 2.75) is 6.18 Å². The molecule has 0 saturated heterocycles. The summed E-state index contributed by atoms with van der Waals surface area (Å²) in [4.78, 5) is 7.42. The minimum atomic E-state index is -4.38. The third-order valence-electron chi connectivity index (χ3n) is 1.77. The molecular formula is C8H4BrF3N4. The lowest BCUT2D eigenvalue weighted by Crippen LogP contribution is -2.06. The Morgan fingerprint density at radius 2 is 1.94 bits per heavy atom. The fraction of sp³-hybridized carbons (Fsp3) is 0.125. The lowest BCUT2D eigenvalue weighted by molar-refractivity contribution is -0.137. The van der Waals surface area contributed by atoms with E-state index in [1.54, 1.807) is 0 Å². The Morgan fingerprint density at radius 3 is 2.38 bits per heavy atom. The van der Waals surface area contributed by atoms with Gasteiger partial charge >= 0.3 is 6.18 Å². The van der Waals surface area contributed by atoms with Crippen molar-refractivity contribution < 1.29 is 13.2 Å². The van der Waals surface area contributed by atoms with Gasteiger partial charge in [0, 0.05) is 6.20 Å². The molecule has 16 heavy (non-hydrogen) atoms. The zero-order valence-electron chi connectivity index (χ0n) is 7.61. The highest BCUT2D eigenvalue weighted by Gasteiger charge is 2.30. The van der Waals surface area contributed by atoms with Crippen molar-refractivity contribution in [3.63, 3.8) is 0 Å². The van der Waals surface area contributed by atoms with Crippen molar-refractivity contribution in [1.29, 1.82) is 0 Å². The number of alkyl halides is 3. The first kappa shape index (κ1) is 11.1. The Morgan fingerprint density at radius 1 is 1.19 bits per heavy atom. The van der Waals surface area contributed by atoms with Crippen LogP contribution in [0.5, 0.6) is 0 Å². The van der Waals surface area contributed by atoms with Crippen molar-refractivity contribution >= 4 is 15.9 Å². The van der Waals surface area contributed by atoms with E-state index in [9.17, 15) is 13.2 Å². The molecule has 2 rings (SSSR count). The van der Waals surface area contributed by atoms with E-state index in [0.717, 1.165) is 12.3 Å². The first-order valence-corrected chi connectivity index (χ1v) is 4.87. The summed E-state index contributed by atoms with van der Waals surface area (Å²) in [5.41, 5.74) is -0.796. The van der Waals surface area contributed by atoms with Crippen LogP contribution in [0, 0.1) is 0 Å². The Kier molecular flexibility index (Phi) is 2.66. The molecule has 0 radical (unpaired) electrons. The smallest absolute Gasteiger partial charge is 0.236 e. The highest BCUT2D eigenvalue weighted by Crippen LogP contribution is 2.28. The van der Waals surface area contributed by atoms with Gasteiger partial charge in [0.05, 0.1) is 5.56 Å². The molecule has 0 saturated carbocycles. The number of halogens is 4. The Hall–Kier alpha value is -1.44. The SMILES string of the molecule is FC(F)(F)c1ccc(-n2cnc(Br)n2)nc1. The predicted molar refractivity (Wildman–Crippen MR) is 51.9 cm³/mol. The maximum Gasteiger partial charge on any atom is 0.417 e. The van der Waals surface area contributed by atoms with Crippen LogP contribution in [0.2, 0.25) is 0 Å². The molecule has 0 spiro atoms. The first-order valence-electron chi connectivity index (χ1n) is 4.07. The predicted octanol–water partition coefficient (Wildman–Crippen LogP) is 2.44. The number of aromatic nitrogens is 4. The quantitative estimate of drug-likeness (QED) is 0.811. The average molecular weight is 293 g/mol. The molecule has 2 aromatic rings. The average Bonchev–Trinajstić information content (AvgIpc) is 2.64. The molecule has 2 heterocycles. The summed E-state index contributed by atoms with van der Waals surface area (Å²) >= 11 is 3.02. The second kappa shape index (κ2) is 3.85. The molecule has 84 valence electrons. The van der Waals surface area contributed by atoms with Gasteiger partial charge in [-0.15, -0.1) is 5.10 Å². The van der Waals surface area contributed by atoms with Gasteiger partial charge in [-0.05, 0) is 28.1 Å². The van der Waals surface area contributed by atoms with E-state index < -0.39 is 11.7 Å². The van der Waals surface area contributed by atoms with Crippen LogP contribution in [0.15, 0.2) is 29.4 Å². The van der Waals surface area contributed by atoms with Crippen LogP contribution in [0.1, 0.15) is 5.56 Å². The number of hydrogen-bond donors (Lipinski definition) is 0. The van der Waals surface area contributed by atoms with Crippen LogP contribution in [0.25, 0.3) is 5.82 Å². The molecule has 0 bridgehead atoms. The molecule has 0 fully saturated rings. The van der Waals surface area contributed by atoms with Gasteiger partial charge < -0.3 is 0 Å². The molecule has 0 N–H and O–H groups in total. The van der Waals surface area contributed by atoms with Crippen LogP contribution in [0.4, 0.5) is 13.2 Å². The number of hydrogen-bond acceptors (Lipinski definition) is 3. The fourth-order valence-corrected chi connectivity index (χ4v) is 1.30. The topological polar surface area (TPSA) is 43.6 Å². The third-order valence-corrected chi connectivity index (χ3v) is 2.14. The molecule has 0 atom stereocenters. The van der Waals surface area contributed by atoms with E-state index in [1.807, 2.05) is 0 Å². The van der Waals surface area contributed by atoms with E-state index in [4.69, 9.17) is 0 Å². The van der Waals surface area contributed by atoms with Gasteiger partial charge in [0.25, 0.3) is 0 Å². The van der Waals surface area contributed by atoms with Crippen LogP contribution in [-0.2, 0) is 6.18 Å². The highest BCUT2D eigenvalue weighted by molar-refractivity contribution is 9.10. The summed E-state index contributed by atoms with van der Waals surface area (Å²) in [7, 11) is 0. The Labute approximate surface area is 96.3 Å². The van der Waals surface area contributed by atoms with E-state index in [1.165, 1.54) is 17.1 Å². The molecule has 2 aromatic heterocycles. The zero-order valence-corrected chi connectivity index (χ0v) is 9.20. The summed E-state index contributed by atoms with van der Waals surface area (Å²) in [5, 5.41) is 3.85. The molecule has 0 aliphatic heterocycles. The molecule has 0 aliphatic carbocycles. The van der Waals surface area contributed by atoms with Crippen molar-refractivity contribution in [3.8, 4) is 5.82 Å². The summed E-state index contributed by atoms with van der Waals surface area (Å²) in [6, 6.07) is 2.17. The Balaban J connectivity index is 2.33. The molecule has 8 heteroatoms. The Bertz CT molecular complexity index is 491. The van der Waals surface area contributed by atoms with Crippen LogP contribution in [0.3, 0.4) is 0 Å². The summed E-state index contributed by atoms with van der Waals surface area (Å²) in [6.45, 7) is 0.